The summed E-state index contributed by atoms with van der Waals surface area (Å²) in [7, 11) is 0. The van der Waals surface area contributed by atoms with Gasteiger partial charge in [0.2, 0.25) is 5.91 Å². The van der Waals surface area contributed by atoms with Gasteiger partial charge in [-0.25, -0.2) is 9.78 Å². The molecule has 1 aliphatic carbocycles. The molecule has 3 aromatic rings. The fourth-order valence-electron chi connectivity index (χ4n) is 4.70. The second-order valence-electron chi connectivity index (χ2n) is 8.65. The minimum atomic E-state index is -0.573. The highest BCUT2D eigenvalue weighted by Gasteiger charge is 2.31. The van der Waals surface area contributed by atoms with E-state index in [1.165, 1.54) is 4.90 Å². The molecule has 3 heterocycles. The number of amides is 2. The Hall–Kier alpha value is -3.74. The Bertz CT molecular complexity index is 1280. The molecular formula is C26H24N2O5. The van der Waals surface area contributed by atoms with Crippen molar-refractivity contribution in [3.63, 3.8) is 0 Å². The molecular weight excluding hydrogens is 420 g/mol. The van der Waals surface area contributed by atoms with Gasteiger partial charge >= 0.3 is 5.97 Å². The summed E-state index contributed by atoms with van der Waals surface area (Å²) in [5.41, 5.74) is 3.70. The average molecular weight is 444 g/mol. The summed E-state index contributed by atoms with van der Waals surface area (Å²) in [6.45, 7) is 2.05. The zero-order valence-corrected chi connectivity index (χ0v) is 18.4. The monoisotopic (exact) mass is 444 g/mol. The quantitative estimate of drug-likeness (QED) is 0.559. The number of allylic oxidation sites excluding steroid dienone is 1. The number of nitrogens with zero attached hydrogens (tertiary/aromatic N) is 2. The van der Waals surface area contributed by atoms with Gasteiger partial charge in [-0.2, -0.15) is 0 Å². The molecule has 0 bridgehead atoms. The first-order chi connectivity index (χ1) is 16.0. The molecule has 7 heteroatoms. The molecule has 5 rings (SSSR count). The molecule has 7 nitrogen and oxygen atoms in total. The Balaban J connectivity index is 1.54. The molecule has 1 aliphatic heterocycles. The summed E-state index contributed by atoms with van der Waals surface area (Å²) in [6.07, 6.45) is 6.06. The van der Waals surface area contributed by atoms with Crippen molar-refractivity contribution in [1.29, 1.82) is 0 Å². The molecule has 1 atom stereocenters. The molecule has 2 amide bonds. The number of benzene rings is 1. The number of fused-ring (bicyclic) bond motifs is 2. The summed E-state index contributed by atoms with van der Waals surface area (Å²) in [4.78, 5) is 43.6. The Morgan fingerprint density at radius 2 is 2.06 bits per heavy atom. The van der Waals surface area contributed by atoms with Gasteiger partial charge in [-0.05, 0) is 60.6 Å². The molecule has 0 N–H and O–H groups in total. The first-order valence-corrected chi connectivity index (χ1v) is 11.2. The molecule has 1 unspecified atom stereocenters. The number of likely N-dealkylation sites (tertiary alicyclic amines) is 1. The number of furan rings is 1. The van der Waals surface area contributed by atoms with Crippen LogP contribution in [0.1, 0.15) is 53.6 Å². The highest BCUT2D eigenvalue weighted by Crippen LogP contribution is 2.38. The summed E-state index contributed by atoms with van der Waals surface area (Å²) < 4.78 is 11.0. The molecule has 0 spiro atoms. The van der Waals surface area contributed by atoms with Crippen LogP contribution in [0.4, 0.5) is 0 Å². The fourth-order valence-corrected chi connectivity index (χ4v) is 4.70. The number of pyridine rings is 1. The Morgan fingerprint density at radius 3 is 2.82 bits per heavy atom. The van der Waals surface area contributed by atoms with Crippen LogP contribution < -0.4 is 0 Å². The predicted octanol–water partition coefficient (Wildman–Crippen LogP) is 4.26. The van der Waals surface area contributed by atoms with Crippen LogP contribution in [0.2, 0.25) is 0 Å². The van der Waals surface area contributed by atoms with E-state index in [2.05, 4.69) is 6.92 Å². The van der Waals surface area contributed by atoms with E-state index < -0.39 is 18.5 Å². The molecule has 0 saturated carbocycles. The minimum absolute atomic E-state index is 0.218. The standard InChI is InChI=1S/C26H24N2O5/c1-16-12-17(14-18-6-5-11-32-18)25-20(13-16)24(19-7-2-3-8-21(19)27-25)26(31)33-15-23(30)28-10-4-9-22(28)29/h2-3,5-8,11,14,16H,4,9-10,12-13,15H2,1H3/b17-14-. The van der Waals surface area contributed by atoms with Crippen molar-refractivity contribution in [3.8, 4) is 0 Å². The lowest BCUT2D eigenvalue weighted by molar-refractivity contribution is -0.143. The summed E-state index contributed by atoms with van der Waals surface area (Å²) in [6, 6.07) is 11.2. The van der Waals surface area contributed by atoms with Gasteiger partial charge in [-0.1, -0.05) is 25.1 Å². The van der Waals surface area contributed by atoms with Crippen molar-refractivity contribution in [2.75, 3.05) is 13.2 Å². The number of imide groups is 1. The number of rotatable bonds is 4. The number of ether oxygens (including phenoxy) is 1. The largest absolute Gasteiger partial charge is 0.465 e. The van der Waals surface area contributed by atoms with E-state index in [1.807, 2.05) is 42.5 Å². The van der Waals surface area contributed by atoms with Crippen LogP contribution in [0.3, 0.4) is 0 Å². The van der Waals surface area contributed by atoms with Gasteiger partial charge in [0.25, 0.3) is 5.91 Å². The summed E-state index contributed by atoms with van der Waals surface area (Å²) in [5, 5.41) is 0.692. The second-order valence-corrected chi connectivity index (χ2v) is 8.65. The van der Waals surface area contributed by atoms with E-state index in [9.17, 15) is 14.4 Å². The third kappa shape index (κ3) is 4.06. The van der Waals surface area contributed by atoms with E-state index >= 15 is 0 Å². The van der Waals surface area contributed by atoms with Crippen LogP contribution in [-0.2, 0) is 20.7 Å². The van der Waals surface area contributed by atoms with Gasteiger partial charge in [0, 0.05) is 18.4 Å². The first-order valence-electron chi connectivity index (χ1n) is 11.2. The number of carbonyl (C=O) groups is 3. The van der Waals surface area contributed by atoms with Gasteiger partial charge < -0.3 is 9.15 Å². The number of aromatic nitrogens is 1. The van der Waals surface area contributed by atoms with E-state index in [0.717, 1.165) is 29.0 Å². The van der Waals surface area contributed by atoms with Crippen molar-refractivity contribution in [1.82, 2.24) is 9.88 Å². The SMILES string of the molecule is CC1C/C(=C/c2ccco2)c2nc3ccccc3c(C(=O)OCC(=O)N3CCCC3=O)c2C1. The van der Waals surface area contributed by atoms with Crippen molar-refractivity contribution < 1.29 is 23.5 Å². The lowest BCUT2D eigenvalue weighted by Crippen LogP contribution is -2.35. The zero-order valence-electron chi connectivity index (χ0n) is 18.4. The van der Waals surface area contributed by atoms with Gasteiger partial charge in [-0.3, -0.25) is 14.5 Å². The molecule has 2 aromatic heterocycles. The van der Waals surface area contributed by atoms with Crippen molar-refractivity contribution in [3.05, 3.63) is 65.2 Å². The van der Waals surface area contributed by atoms with Crippen molar-refractivity contribution >= 4 is 40.3 Å². The topological polar surface area (TPSA) is 89.7 Å². The van der Waals surface area contributed by atoms with Gasteiger partial charge in [0.05, 0.1) is 23.0 Å². The Kier molecular flexibility index (Phi) is 5.54. The average Bonchev–Trinajstić information content (AvgIpc) is 3.47. The molecule has 2 aliphatic rings. The first kappa shape index (κ1) is 21.1. The van der Waals surface area contributed by atoms with Crippen LogP contribution >= 0.6 is 0 Å². The molecule has 33 heavy (non-hydrogen) atoms. The number of carbonyl (C=O) groups excluding carboxylic acids is 3. The summed E-state index contributed by atoms with van der Waals surface area (Å²) >= 11 is 0. The maximum absolute atomic E-state index is 13.3. The van der Waals surface area contributed by atoms with E-state index in [0.29, 0.717) is 42.3 Å². The highest BCUT2D eigenvalue weighted by atomic mass is 16.5. The van der Waals surface area contributed by atoms with E-state index in [-0.39, 0.29) is 11.8 Å². The predicted molar refractivity (Wildman–Crippen MR) is 122 cm³/mol. The number of hydrogen-bond donors (Lipinski definition) is 0. The number of esters is 1. The maximum Gasteiger partial charge on any atom is 0.339 e. The highest BCUT2D eigenvalue weighted by molar-refractivity contribution is 6.07. The molecule has 1 fully saturated rings. The van der Waals surface area contributed by atoms with Gasteiger partial charge in [0.1, 0.15) is 5.76 Å². The third-order valence-electron chi connectivity index (χ3n) is 6.18. The molecule has 0 radical (unpaired) electrons. The van der Waals surface area contributed by atoms with Crippen molar-refractivity contribution in [2.45, 2.75) is 32.6 Å². The Morgan fingerprint density at radius 1 is 1.21 bits per heavy atom. The number of hydrogen-bond acceptors (Lipinski definition) is 6. The van der Waals surface area contributed by atoms with Crippen LogP contribution in [0.5, 0.6) is 0 Å². The minimum Gasteiger partial charge on any atom is -0.465 e. The van der Waals surface area contributed by atoms with Crippen LogP contribution in [0.25, 0.3) is 22.6 Å². The lowest BCUT2D eigenvalue weighted by atomic mass is 9.81. The summed E-state index contributed by atoms with van der Waals surface area (Å²) in [5.74, 6) is -0.257. The van der Waals surface area contributed by atoms with Crippen LogP contribution in [0, 0.1) is 5.92 Å². The normalized spacial score (nSPS) is 19.2. The van der Waals surface area contributed by atoms with Crippen LogP contribution in [-0.4, -0.2) is 40.8 Å². The lowest BCUT2D eigenvalue weighted by Gasteiger charge is -2.26. The number of para-hydroxylation sites is 1. The van der Waals surface area contributed by atoms with E-state index in [4.69, 9.17) is 14.1 Å². The van der Waals surface area contributed by atoms with E-state index in [1.54, 1.807) is 6.26 Å². The molecule has 168 valence electrons. The molecule has 1 aromatic carbocycles. The molecule has 1 saturated heterocycles. The maximum atomic E-state index is 13.3. The second kappa shape index (κ2) is 8.65. The van der Waals surface area contributed by atoms with Gasteiger partial charge in [0.15, 0.2) is 6.61 Å². The van der Waals surface area contributed by atoms with Crippen LogP contribution in [0.15, 0.2) is 47.1 Å². The fraction of sp³-hybridized carbons (Fsp3) is 0.308. The third-order valence-corrected chi connectivity index (χ3v) is 6.18. The Labute approximate surface area is 191 Å². The smallest absolute Gasteiger partial charge is 0.339 e. The van der Waals surface area contributed by atoms with Gasteiger partial charge in [-0.15, -0.1) is 0 Å². The van der Waals surface area contributed by atoms with Crippen molar-refractivity contribution in [2.24, 2.45) is 5.92 Å². The zero-order chi connectivity index (χ0) is 22.9.